The van der Waals surface area contributed by atoms with Crippen LogP contribution in [0.1, 0.15) is 10.4 Å². The number of hydrogen-bond donors (Lipinski definition) is 1. The van der Waals surface area contributed by atoms with Crippen molar-refractivity contribution in [2.24, 2.45) is 0 Å². The van der Waals surface area contributed by atoms with Crippen LogP contribution in [-0.4, -0.2) is 47.2 Å². The van der Waals surface area contributed by atoms with E-state index in [1.165, 1.54) is 0 Å². The molecule has 4 rings (SSSR count). The number of pyridine rings is 2. The fourth-order valence-corrected chi connectivity index (χ4v) is 3.11. The zero-order valence-corrected chi connectivity index (χ0v) is 14.7. The first kappa shape index (κ1) is 16.9. The number of halogens is 1. The Labute approximate surface area is 155 Å². The smallest absolute Gasteiger partial charge is 0.266 e. The summed E-state index contributed by atoms with van der Waals surface area (Å²) in [4.78, 5) is 21.7. The largest absolute Gasteiger partial charge is 0.379 e. The molecule has 1 fully saturated rings. The van der Waals surface area contributed by atoms with E-state index < -0.39 is 0 Å². The molecule has 6 nitrogen and oxygen atoms in total. The lowest BCUT2D eigenvalue weighted by Gasteiger charge is -2.27. The van der Waals surface area contributed by atoms with Crippen LogP contribution in [-0.2, 0) is 4.74 Å². The fraction of sp³-hybridized carbons (Fsp3) is 0.211. The number of benzene rings is 1. The molecule has 0 spiro atoms. The molecule has 0 saturated carbocycles. The van der Waals surface area contributed by atoms with Crippen LogP contribution in [0.3, 0.4) is 0 Å². The summed E-state index contributed by atoms with van der Waals surface area (Å²) >= 11 is 6.15. The van der Waals surface area contributed by atoms with Crippen LogP contribution < -0.4 is 5.43 Å². The monoisotopic (exact) mass is 368 g/mol. The maximum atomic E-state index is 12.9. The first-order valence-corrected chi connectivity index (χ1v) is 8.73. The third-order valence-electron chi connectivity index (χ3n) is 4.26. The highest BCUT2D eigenvalue weighted by Gasteiger charge is 2.18. The van der Waals surface area contributed by atoms with Gasteiger partial charge in [0.2, 0.25) is 0 Å². The summed E-state index contributed by atoms with van der Waals surface area (Å²) in [6, 6.07) is 10.9. The summed E-state index contributed by atoms with van der Waals surface area (Å²) in [5.74, 6) is -0.183. The van der Waals surface area contributed by atoms with Gasteiger partial charge in [-0.3, -0.25) is 15.2 Å². The fourth-order valence-electron chi connectivity index (χ4n) is 2.94. The number of nitrogens with zero attached hydrogens (tertiary/aromatic N) is 3. The van der Waals surface area contributed by atoms with Gasteiger partial charge in [0.15, 0.2) is 0 Å². The zero-order valence-electron chi connectivity index (χ0n) is 14.0. The molecule has 132 valence electrons. The number of nitrogens with one attached hydrogen (secondary N) is 1. The molecule has 1 aliphatic heterocycles. The molecule has 1 amide bonds. The quantitative estimate of drug-likeness (QED) is 0.770. The predicted octanol–water partition coefficient (Wildman–Crippen LogP) is 2.93. The predicted molar refractivity (Wildman–Crippen MR) is 99.8 cm³/mol. The van der Waals surface area contributed by atoms with Crippen LogP contribution in [0.25, 0.3) is 22.2 Å². The number of carbonyl (C=O) groups is 1. The topological polar surface area (TPSA) is 67.4 Å². The lowest BCUT2D eigenvalue weighted by Crippen LogP contribution is -2.48. The third-order valence-corrected chi connectivity index (χ3v) is 4.50. The number of aromatic nitrogens is 2. The molecule has 0 unspecified atom stereocenters. The molecule has 3 heterocycles. The van der Waals surface area contributed by atoms with Crippen molar-refractivity contribution in [3.8, 4) is 11.3 Å². The van der Waals surface area contributed by atoms with Gasteiger partial charge >= 0.3 is 0 Å². The standard InChI is InChI=1S/C19H17ClN4O2/c20-14-1-2-17-15(11-14)16(19(25)23-24-7-9-26-10-8-24)12-18(22-17)13-3-5-21-6-4-13/h1-6,11-12H,7-10H2,(H,23,25). The lowest BCUT2D eigenvalue weighted by molar-refractivity contribution is 0.0127. The molecule has 1 aromatic carbocycles. The lowest BCUT2D eigenvalue weighted by atomic mass is 10.0. The molecular weight excluding hydrogens is 352 g/mol. The maximum absolute atomic E-state index is 12.9. The van der Waals surface area contributed by atoms with Gasteiger partial charge in [-0.1, -0.05) is 11.6 Å². The minimum absolute atomic E-state index is 0.183. The summed E-state index contributed by atoms with van der Waals surface area (Å²) in [5, 5.41) is 3.16. The number of amides is 1. The Bertz CT molecular complexity index is 943. The molecule has 0 radical (unpaired) electrons. The molecule has 1 N–H and O–H groups in total. The maximum Gasteiger partial charge on any atom is 0.266 e. The molecular formula is C19H17ClN4O2. The number of ether oxygens (including phenoxy) is 1. The van der Waals surface area contributed by atoms with Crippen molar-refractivity contribution in [3.63, 3.8) is 0 Å². The van der Waals surface area contributed by atoms with Gasteiger partial charge in [-0.05, 0) is 36.4 Å². The van der Waals surface area contributed by atoms with Crippen molar-refractivity contribution in [1.29, 1.82) is 0 Å². The van der Waals surface area contributed by atoms with Crippen molar-refractivity contribution >= 4 is 28.4 Å². The minimum atomic E-state index is -0.183. The molecule has 0 bridgehead atoms. The second kappa shape index (κ2) is 7.37. The van der Waals surface area contributed by atoms with E-state index in [4.69, 9.17) is 16.3 Å². The second-order valence-corrected chi connectivity index (χ2v) is 6.43. The Kier molecular flexibility index (Phi) is 4.79. The van der Waals surface area contributed by atoms with Crippen molar-refractivity contribution in [1.82, 2.24) is 20.4 Å². The van der Waals surface area contributed by atoms with Gasteiger partial charge < -0.3 is 4.74 Å². The van der Waals surface area contributed by atoms with Crippen molar-refractivity contribution < 1.29 is 9.53 Å². The molecule has 26 heavy (non-hydrogen) atoms. The summed E-state index contributed by atoms with van der Waals surface area (Å²) < 4.78 is 5.32. The van der Waals surface area contributed by atoms with Crippen LogP contribution in [0, 0.1) is 0 Å². The van der Waals surface area contributed by atoms with E-state index in [1.807, 2.05) is 23.2 Å². The van der Waals surface area contributed by atoms with Gasteiger partial charge in [-0.25, -0.2) is 9.99 Å². The van der Waals surface area contributed by atoms with Gasteiger partial charge in [-0.15, -0.1) is 0 Å². The van der Waals surface area contributed by atoms with Crippen LogP contribution in [0.2, 0.25) is 5.02 Å². The van der Waals surface area contributed by atoms with Crippen LogP contribution >= 0.6 is 11.6 Å². The van der Waals surface area contributed by atoms with Gasteiger partial charge in [0.25, 0.3) is 5.91 Å². The SMILES string of the molecule is O=C(NN1CCOCC1)c1cc(-c2ccncc2)nc2ccc(Cl)cc12. The normalized spacial score (nSPS) is 15.1. The highest BCUT2D eigenvalue weighted by atomic mass is 35.5. The average molecular weight is 369 g/mol. The van der Waals surface area contributed by atoms with Crippen LogP contribution in [0.5, 0.6) is 0 Å². The van der Waals surface area contributed by atoms with Gasteiger partial charge in [0, 0.05) is 41.5 Å². The minimum Gasteiger partial charge on any atom is -0.379 e. The summed E-state index contributed by atoms with van der Waals surface area (Å²) in [6.45, 7) is 2.52. The molecule has 7 heteroatoms. The number of morpholine rings is 1. The molecule has 0 atom stereocenters. The first-order valence-electron chi connectivity index (χ1n) is 8.35. The van der Waals surface area contributed by atoms with Gasteiger partial charge in [0.05, 0.1) is 30.0 Å². The van der Waals surface area contributed by atoms with Crippen LogP contribution in [0.4, 0.5) is 0 Å². The highest BCUT2D eigenvalue weighted by molar-refractivity contribution is 6.31. The summed E-state index contributed by atoms with van der Waals surface area (Å²) in [7, 11) is 0. The van der Waals surface area contributed by atoms with E-state index >= 15 is 0 Å². The molecule has 3 aromatic rings. The van der Waals surface area contributed by atoms with Crippen molar-refractivity contribution in [2.75, 3.05) is 26.3 Å². The van der Waals surface area contributed by atoms with E-state index in [0.29, 0.717) is 42.6 Å². The summed E-state index contributed by atoms with van der Waals surface area (Å²) in [6.07, 6.45) is 3.41. The summed E-state index contributed by atoms with van der Waals surface area (Å²) in [5.41, 5.74) is 5.83. The second-order valence-electron chi connectivity index (χ2n) is 5.99. The van der Waals surface area contributed by atoms with Crippen molar-refractivity contribution in [3.05, 3.63) is 59.4 Å². The van der Waals surface area contributed by atoms with E-state index in [0.717, 1.165) is 16.5 Å². The third kappa shape index (κ3) is 3.53. The highest BCUT2D eigenvalue weighted by Crippen LogP contribution is 2.27. The Morgan fingerprint density at radius 2 is 1.88 bits per heavy atom. The van der Waals surface area contributed by atoms with E-state index in [9.17, 15) is 4.79 Å². The van der Waals surface area contributed by atoms with E-state index in [2.05, 4.69) is 15.4 Å². The number of hydrogen-bond acceptors (Lipinski definition) is 5. The first-order chi connectivity index (χ1) is 12.7. The van der Waals surface area contributed by atoms with E-state index in [1.54, 1.807) is 30.6 Å². The van der Waals surface area contributed by atoms with E-state index in [-0.39, 0.29) is 5.91 Å². The number of hydrazine groups is 1. The average Bonchev–Trinajstić information content (AvgIpc) is 2.68. The number of carbonyl (C=O) groups excluding carboxylic acids is 1. The Morgan fingerprint density at radius 1 is 1.12 bits per heavy atom. The Morgan fingerprint density at radius 3 is 2.65 bits per heavy atom. The number of fused-ring (bicyclic) bond motifs is 1. The Balaban J connectivity index is 1.77. The molecule has 1 saturated heterocycles. The number of rotatable bonds is 3. The molecule has 0 aliphatic carbocycles. The zero-order chi connectivity index (χ0) is 17.9. The van der Waals surface area contributed by atoms with Gasteiger partial charge in [-0.2, -0.15) is 0 Å². The molecule has 1 aliphatic rings. The van der Waals surface area contributed by atoms with Crippen molar-refractivity contribution in [2.45, 2.75) is 0 Å². The Hall–Kier alpha value is -2.54. The van der Waals surface area contributed by atoms with Crippen LogP contribution in [0.15, 0.2) is 48.8 Å². The molecule has 2 aromatic heterocycles. The van der Waals surface area contributed by atoms with Gasteiger partial charge in [0.1, 0.15) is 0 Å².